The Bertz CT molecular complexity index is 1450. The molecule has 2 aromatic carbocycles. The molecule has 1 aliphatic heterocycles. The first-order valence-corrected chi connectivity index (χ1v) is 10.8. The number of hydrogen-bond acceptors (Lipinski definition) is 4. The number of rotatable bonds is 4. The second kappa shape index (κ2) is 7.71. The van der Waals surface area contributed by atoms with Gasteiger partial charge < -0.3 is 4.90 Å². The molecular formula is C24H26N6O2. The molecule has 0 atom stereocenters. The van der Waals surface area contributed by atoms with Gasteiger partial charge in [-0.05, 0) is 44.0 Å². The highest BCUT2D eigenvalue weighted by molar-refractivity contribution is 5.91. The number of benzene rings is 2. The predicted octanol–water partition coefficient (Wildman–Crippen LogP) is 3.02. The molecule has 8 heteroatoms. The van der Waals surface area contributed by atoms with E-state index < -0.39 is 0 Å². The summed E-state index contributed by atoms with van der Waals surface area (Å²) in [7, 11) is 3.55. The van der Waals surface area contributed by atoms with Crippen LogP contribution in [0.15, 0.2) is 57.0 Å². The Kier molecular flexibility index (Phi) is 4.84. The zero-order valence-electron chi connectivity index (χ0n) is 18.5. The van der Waals surface area contributed by atoms with Crippen LogP contribution < -0.4 is 16.1 Å². The predicted molar refractivity (Wildman–Crippen MR) is 128 cm³/mol. The number of para-hydroxylation sites is 1. The molecule has 1 N–H and O–H groups in total. The van der Waals surface area contributed by atoms with E-state index in [4.69, 9.17) is 4.99 Å². The minimum Gasteiger partial charge on any atom is -0.370 e. The highest BCUT2D eigenvalue weighted by atomic mass is 16.1. The van der Waals surface area contributed by atoms with Crippen molar-refractivity contribution in [2.75, 3.05) is 18.0 Å². The maximum Gasteiger partial charge on any atom is 0.328 e. The largest absolute Gasteiger partial charge is 0.370 e. The minimum atomic E-state index is -0.145. The van der Waals surface area contributed by atoms with Gasteiger partial charge in [-0.2, -0.15) is 0 Å². The van der Waals surface area contributed by atoms with Gasteiger partial charge in [-0.15, -0.1) is 0 Å². The summed E-state index contributed by atoms with van der Waals surface area (Å²) in [5.41, 5.74) is 5.27. The fourth-order valence-electron chi connectivity index (χ4n) is 4.44. The number of aromatic amines is 1. The Balaban J connectivity index is 1.63. The molecular weight excluding hydrogens is 404 g/mol. The van der Waals surface area contributed by atoms with Gasteiger partial charge in [-0.25, -0.2) is 9.48 Å². The molecule has 0 saturated carbocycles. The second-order valence-corrected chi connectivity index (χ2v) is 8.31. The van der Waals surface area contributed by atoms with Crippen LogP contribution in [0.1, 0.15) is 24.1 Å². The number of aromatic nitrogens is 4. The number of aliphatic imine (C=N–C) groups is 1. The van der Waals surface area contributed by atoms with Crippen LogP contribution in [-0.4, -0.2) is 38.2 Å². The highest BCUT2D eigenvalue weighted by Crippen LogP contribution is 2.35. The smallest absolute Gasteiger partial charge is 0.328 e. The van der Waals surface area contributed by atoms with Crippen LogP contribution in [0.5, 0.6) is 0 Å². The van der Waals surface area contributed by atoms with Crippen LogP contribution in [0.2, 0.25) is 0 Å². The van der Waals surface area contributed by atoms with Crippen LogP contribution in [-0.2, 0) is 14.1 Å². The van der Waals surface area contributed by atoms with E-state index in [1.165, 1.54) is 4.68 Å². The van der Waals surface area contributed by atoms with E-state index in [-0.39, 0.29) is 11.2 Å². The number of hydrogen-bond donors (Lipinski definition) is 1. The average molecular weight is 431 g/mol. The third kappa shape index (κ3) is 3.19. The zero-order valence-corrected chi connectivity index (χ0v) is 18.5. The lowest BCUT2D eigenvalue weighted by atomic mass is 10.2. The van der Waals surface area contributed by atoms with Gasteiger partial charge in [-0.3, -0.25) is 24.0 Å². The molecule has 1 saturated heterocycles. The molecule has 0 radical (unpaired) electrons. The maximum absolute atomic E-state index is 13.0. The summed E-state index contributed by atoms with van der Waals surface area (Å²) in [5.74, 6) is 0. The van der Waals surface area contributed by atoms with Gasteiger partial charge in [0.05, 0.1) is 33.7 Å². The summed E-state index contributed by atoms with van der Waals surface area (Å²) in [6.07, 6.45) is 3.90. The molecule has 3 heterocycles. The first kappa shape index (κ1) is 20.1. The van der Waals surface area contributed by atoms with E-state index in [1.807, 2.05) is 49.4 Å². The lowest BCUT2D eigenvalue weighted by molar-refractivity contribution is 0.795. The summed E-state index contributed by atoms with van der Waals surface area (Å²) in [6.45, 7) is 3.78. The molecule has 0 spiro atoms. The zero-order chi connectivity index (χ0) is 22.4. The number of nitrogens with zero attached hydrogens (tertiary/aromatic N) is 5. The van der Waals surface area contributed by atoms with Crippen molar-refractivity contribution in [2.45, 2.75) is 19.8 Å². The van der Waals surface area contributed by atoms with Crippen LogP contribution >= 0.6 is 0 Å². The van der Waals surface area contributed by atoms with Gasteiger partial charge in [-0.1, -0.05) is 18.2 Å². The molecule has 0 unspecified atom stereocenters. The van der Waals surface area contributed by atoms with Gasteiger partial charge in [0.1, 0.15) is 0 Å². The number of nitrogens with one attached hydrogen (secondary N) is 1. The van der Waals surface area contributed by atoms with Gasteiger partial charge in [0.25, 0.3) is 5.56 Å². The standard InChI is InChI=1S/C24H26N6O2/c1-16-18(23(31)30(26-16)17-9-5-4-6-10-17)15-25-19-13-21-22(28(3)24(32)27(21)2)14-20(19)29-11-7-8-12-29/h4-6,9-10,13-15,26H,7-8,11-12H2,1-3H3. The minimum absolute atomic E-state index is 0.0688. The molecule has 0 bridgehead atoms. The molecule has 5 rings (SSSR count). The number of imidazole rings is 1. The molecule has 32 heavy (non-hydrogen) atoms. The van der Waals surface area contributed by atoms with Gasteiger partial charge in [0, 0.05) is 39.1 Å². The van der Waals surface area contributed by atoms with E-state index in [0.717, 1.165) is 59.7 Å². The third-order valence-corrected chi connectivity index (χ3v) is 6.28. The Hall–Kier alpha value is -3.81. The van der Waals surface area contributed by atoms with E-state index in [2.05, 4.69) is 10.00 Å². The maximum atomic E-state index is 13.0. The Labute approximate surface area is 185 Å². The summed E-state index contributed by atoms with van der Waals surface area (Å²) in [6, 6.07) is 13.5. The van der Waals surface area contributed by atoms with Crippen molar-refractivity contribution in [1.82, 2.24) is 18.9 Å². The monoisotopic (exact) mass is 430 g/mol. The molecule has 2 aromatic heterocycles. The van der Waals surface area contributed by atoms with Crippen molar-refractivity contribution in [3.63, 3.8) is 0 Å². The number of aryl methyl sites for hydroxylation is 3. The molecule has 4 aromatic rings. The lowest BCUT2D eigenvalue weighted by Crippen LogP contribution is -2.19. The van der Waals surface area contributed by atoms with Crippen LogP contribution in [0.3, 0.4) is 0 Å². The summed E-state index contributed by atoms with van der Waals surface area (Å²) >= 11 is 0. The summed E-state index contributed by atoms with van der Waals surface area (Å²) < 4.78 is 4.82. The quantitative estimate of drug-likeness (QED) is 0.506. The normalized spacial score (nSPS) is 14.3. The number of H-pyrrole nitrogens is 1. The fourth-order valence-corrected chi connectivity index (χ4v) is 4.44. The van der Waals surface area contributed by atoms with E-state index >= 15 is 0 Å². The van der Waals surface area contributed by atoms with Crippen LogP contribution in [0.4, 0.5) is 11.4 Å². The Morgan fingerprint density at radius 2 is 1.62 bits per heavy atom. The van der Waals surface area contributed by atoms with Crippen LogP contribution in [0, 0.1) is 6.92 Å². The Morgan fingerprint density at radius 3 is 2.31 bits per heavy atom. The Morgan fingerprint density at radius 1 is 0.969 bits per heavy atom. The summed E-state index contributed by atoms with van der Waals surface area (Å²) in [5, 5.41) is 3.14. The van der Waals surface area contributed by atoms with Gasteiger partial charge in [0.15, 0.2) is 0 Å². The van der Waals surface area contributed by atoms with Crippen LogP contribution in [0.25, 0.3) is 16.7 Å². The molecule has 1 aliphatic rings. The molecule has 164 valence electrons. The van der Waals surface area contributed by atoms with Crippen molar-refractivity contribution < 1.29 is 0 Å². The van der Waals surface area contributed by atoms with Crippen molar-refractivity contribution in [3.05, 3.63) is 74.6 Å². The second-order valence-electron chi connectivity index (χ2n) is 8.31. The topological polar surface area (TPSA) is 80.3 Å². The van der Waals surface area contributed by atoms with Crippen molar-refractivity contribution in [2.24, 2.45) is 19.1 Å². The van der Waals surface area contributed by atoms with Crippen molar-refractivity contribution >= 4 is 28.6 Å². The average Bonchev–Trinajstić information content (AvgIpc) is 3.49. The van der Waals surface area contributed by atoms with E-state index in [1.54, 1.807) is 29.4 Å². The SMILES string of the molecule is Cc1[nH]n(-c2ccccc2)c(=O)c1C=Nc1cc2c(cc1N1CCCC1)n(C)c(=O)n2C. The first-order chi connectivity index (χ1) is 15.5. The fraction of sp³-hybridized carbons (Fsp3) is 0.292. The number of anilines is 1. The summed E-state index contributed by atoms with van der Waals surface area (Å²) in [4.78, 5) is 32.6. The molecule has 0 amide bonds. The first-order valence-electron chi connectivity index (χ1n) is 10.8. The van der Waals surface area contributed by atoms with E-state index in [9.17, 15) is 9.59 Å². The third-order valence-electron chi connectivity index (χ3n) is 6.28. The molecule has 1 fully saturated rings. The van der Waals surface area contributed by atoms with Crippen molar-refractivity contribution in [1.29, 1.82) is 0 Å². The number of fused-ring (bicyclic) bond motifs is 1. The molecule has 0 aliphatic carbocycles. The highest BCUT2D eigenvalue weighted by Gasteiger charge is 2.19. The van der Waals surface area contributed by atoms with E-state index in [0.29, 0.717) is 5.56 Å². The van der Waals surface area contributed by atoms with Gasteiger partial charge in [0.2, 0.25) is 0 Å². The lowest BCUT2D eigenvalue weighted by Gasteiger charge is -2.20. The molecule has 8 nitrogen and oxygen atoms in total. The van der Waals surface area contributed by atoms with Gasteiger partial charge >= 0.3 is 5.69 Å². The van der Waals surface area contributed by atoms with Crippen molar-refractivity contribution in [3.8, 4) is 5.69 Å².